The highest BCUT2D eigenvalue weighted by atomic mass is 16.5. The van der Waals surface area contributed by atoms with Gasteiger partial charge in [0, 0.05) is 25.4 Å². The van der Waals surface area contributed by atoms with Crippen molar-refractivity contribution in [3.63, 3.8) is 0 Å². The normalized spacial score (nSPS) is 12.6. The van der Waals surface area contributed by atoms with Gasteiger partial charge < -0.3 is 10.1 Å². The summed E-state index contributed by atoms with van der Waals surface area (Å²) in [5.41, 5.74) is 3.08. The molecular weight excluding hydrogens is 252 g/mol. The van der Waals surface area contributed by atoms with E-state index in [0.29, 0.717) is 12.1 Å². The molecule has 0 spiro atoms. The van der Waals surface area contributed by atoms with E-state index < -0.39 is 0 Å². The molecule has 4 nitrogen and oxygen atoms in total. The molecule has 20 heavy (non-hydrogen) atoms. The number of benzene rings is 1. The molecule has 1 aromatic carbocycles. The van der Waals surface area contributed by atoms with Gasteiger partial charge in [-0.25, -0.2) is 0 Å². The van der Waals surface area contributed by atoms with Crippen molar-refractivity contribution in [2.75, 3.05) is 13.2 Å². The number of ether oxygens (including phenoxy) is 1. The van der Waals surface area contributed by atoms with E-state index in [-0.39, 0.29) is 5.91 Å². The number of nitrogens with zero attached hydrogens (tertiary/aromatic N) is 1. The second kappa shape index (κ2) is 5.74. The molecule has 102 valence electrons. The van der Waals surface area contributed by atoms with E-state index in [4.69, 9.17) is 4.74 Å². The Morgan fingerprint density at radius 3 is 3.15 bits per heavy atom. The Balaban J connectivity index is 1.54. The summed E-state index contributed by atoms with van der Waals surface area (Å²) in [5.74, 6) is 0.913. The monoisotopic (exact) mass is 268 g/mol. The summed E-state index contributed by atoms with van der Waals surface area (Å²) < 4.78 is 5.48. The Morgan fingerprint density at radius 2 is 2.30 bits per heavy atom. The van der Waals surface area contributed by atoms with Gasteiger partial charge in [-0.15, -0.1) is 0 Å². The first-order valence-corrected chi connectivity index (χ1v) is 6.76. The number of hydrogen-bond acceptors (Lipinski definition) is 3. The standard InChI is InChI=1S/C16H16N2O2/c19-16(14-2-1-7-17-11-14)18-8-5-12-3-4-15-13(10-12)6-9-20-15/h1-4,7,10-11H,5-6,8-9H2,(H,18,19). The van der Waals surface area contributed by atoms with Gasteiger partial charge in [0.2, 0.25) is 0 Å². The summed E-state index contributed by atoms with van der Waals surface area (Å²) in [5, 5.41) is 2.90. The molecule has 1 aliphatic heterocycles. The fraction of sp³-hybridized carbons (Fsp3) is 0.250. The fourth-order valence-corrected chi connectivity index (χ4v) is 2.31. The lowest BCUT2D eigenvalue weighted by atomic mass is 10.1. The number of pyridine rings is 1. The summed E-state index contributed by atoms with van der Waals surface area (Å²) in [6.45, 7) is 1.39. The first kappa shape index (κ1) is 12.7. The van der Waals surface area contributed by atoms with E-state index in [1.807, 2.05) is 6.07 Å². The van der Waals surface area contributed by atoms with E-state index >= 15 is 0 Å². The molecule has 4 heteroatoms. The highest BCUT2D eigenvalue weighted by molar-refractivity contribution is 5.93. The van der Waals surface area contributed by atoms with E-state index in [1.54, 1.807) is 24.5 Å². The third-order valence-corrected chi connectivity index (χ3v) is 3.38. The van der Waals surface area contributed by atoms with Gasteiger partial charge in [0.1, 0.15) is 5.75 Å². The SMILES string of the molecule is O=C(NCCc1ccc2c(c1)CCO2)c1cccnc1. The topological polar surface area (TPSA) is 51.2 Å². The van der Waals surface area contributed by atoms with Crippen LogP contribution < -0.4 is 10.1 Å². The van der Waals surface area contributed by atoms with Crippen LogP contribution in [0.4, 0.5) is 0 Å². The van der Waals surface area contributed by atoms with Gasteiger partial charge in [-0.3, -0.25) is 9.78 Å². The predicted octanol–water partition coefficient (Wildman–Crippen LogP) is 1.99. The number of rotatable bonds is 4. The zero-order chi connectivity index (χ0) is 13.8. The minimum atomic E-state index is -0.0809. The number of carbonyl (C=O) groups excluding carboxylic acids is 1. The molecule has 0 radical (unpaired) electrons. The summed E-state index contributed by atoms with van der Waals surface area (Å²) in [6, 6.07) is 9.75. The van der Waals surface area contributed by atoms with Crippen LogP contribution >= 0.6 is 0 Å². The van der Waals surface area contributed by atoms with Crippen molar-refractivity contribution >= 4 is 5.91 Å². The van der Waals surface area contributed by atoms with E-state index in [2.05, 4.69) is 22.4 Å². The maximum absolute atomic E-state index is 11.9. The molecular formula is C16H16N2O2. The average Bonchev–Trinajstić information content (AvgIpc) is 2.95. The first-order chi connectivity index (χ1) is 9.83. The number of aromatic nitrogens is 1. The molecule has 0 aliphatic carbocycles. The molecule has 0 bridgehead atoms. The van der Waals surface area contributed by atoms with Gasteiger partial charge in [0.15, 0.2) is 0 Å². The lowest BCUT2D eigenvalue weighted by Crippen LogP contribution is -2.25. The van der Waals surface area contributed by atoms with Crippen LogP contribution in [0.3, 0.4) is 0 Å². The number of fused-ring (bicyclic) bond motifs is 1. The highest BCUT2D eigenvalue weighted by Gasteiger charge is 2.12. The molecule has 0 atom stereocenters. The zero-order valence-corrected chi connectivity index (χ0v) is 11.1. The Kier molecular flexibility index (Phi) is 3.63. The number of nitrogens with one attached hydrogen (secondary N) is 1. The molecule has 1 aromatic heterocycles. The zero-order valence-electron chi connectivity index (χ0n) is 11.1. The molecule has 1 N–H and O–H groups in total. The highest BCUT2D eigenvalue weighted by Crippen LogP contribution is 2.25. The fourth-order valence-electron chi connectivity index (χ4n) is 2.31. The minimum Gasteiger partial charge on any atom is -0.493 e. The van der Waals surface area contributed by atoms with Crippen molar-refractivity contribution in [1.29, 1.82) is 0 Å². The van der Waals surface area contributed by atoms with Crippen LogP contribution in [0.1, 0.15) is 21.5 Å². The van der Waals surface area contributed by atoms with Crippen LogP contribution in [-0.2, 0) is 12.8 Å². The molecule has 0 unspecified atom stereocenters. The lowest BCUT2D eigenvalue weighted by molar-refractivity contribution is 0.0954. The van der Waals surface area contributed by atoms with Gasteiger partial charge in [0.05, 0.1) is 12.2 Å². The molecule has 0 fully saturated rings. The van der Waals surface area contributed by atoms with Gasteiger partial charge in [-0.1, -0.05) is 12.1 Å². The molecule has 2 aromatic rings. The van der Waals surface area contributed by atoms with E-state index in [9.17, 15) is 4.79 Å². The second-order valence-electron chi connectivity index (χ2n) is 4.79. The Labute approximate surface area is 117 Å². The lowest BCUT2D eigenvalue weighted by Gasteiger charge is -2.06. The van der Waals surface area contributed by atoms with E-state index in [1.165, 1.54) is 11.1 Å². The van der Waals surface area contributed by atoms with Gasteiger partial charge in [-0.2, -0.15) is 0 Å². The Hall–Kier alpha value is -2.36. The van der Waals surface area contributed by atoms with Crippen molar-refractivity contribution in [3.05, 3.63) is 59.4 Å². The number of carbonyl (C=O) groups is 1. The summed E-state index contributed by atoms with van der Waals surface area (Å²) in [7, 11) is 0. The predicted molar refractivity (Wildman–Crippen MR) is 75.9 cm³/mol. The van der Waals surface area contributed by atoms with Crippen molar-refractivity contribution < 1.29 is 9.53 Å². The quantitative estimate of drug-likeness (QED) is 0.922. The van der Waals surface area contributed by atoms with Crippen LogP contribution in [0, 0.1) is 0 Å². The van der Waals surface area contributed by atoms with Gasteiger partial charge in [-0.05, 0) is 35.7 Å². The Bertz CT molecular complexity index is 611. The third-order valence-electron chi connectivity index (χ3n) is 3.38. The molecule has 1 aliphatic rings. The summed E-state index contributed by atoms with van der Waals surface area (Å²) in [6.07, 6.45) is 5.02. The smallest absolute Gasteiger partial charge is 0.252 e. The summed E-state index contributed by atoms with van der Waals surface area (Å²) >= 11 is 0. The van der Waals surface area contributed by atoms with Crippen LogP contribution in [0.2, 0.25) is 0 Å². The van der Waals surface area contributed by atoms with Crippen LogP contribution in [0.15, 0.2) is 42.7 Å². The van der Waals surface area contributed by atoms with Crippen molar-refractivity contribution in [2.45, 2.75) is 12.8 Å². The molecule has 3 rings (SSSR count). The number of amides is 1. The summed E-state index contributed by atoms with van der Waals surface area (Å²) in [4.78, 5) is 15.8. The maximum Gasteiger partial charge on any atom is 0.252 e. The van der Waals surface area contributed by atoms with Gasteiger partial charge >= 0.3 is 0 Å². The molecule has 2 heterocycles. The van der Waals surface area contributed by atoms with Crippen LogP contribution in [0.25, 0.3) is 0 Å². The van der Waals surface area contributed by atoms with Crippen LogP contribution in [-0.4, -0.2) is 24.0 Å². The van der Waals surface area contributed by atoms with E-state index in [0.717, 1.165) is 25.2 Å². The largest absolute Gasteiger partial charge is 0.493 e. The van der Waals surface area contributed by atoms with Crippen molar-refractivity contribution in [3.8, 4) is 5.75 Å². The third kappa shape index (κ3) is 2.79. The average molecular weight is 268 g/mol. The molecule has 0 saturated heterocycles. The number of hydrogen-bond donors (Lipinski definition) is 1. The van der Waals surface area contributed by atoms with Crippen molar-refractivity contribution in [1.82, 2.24) is 10.3 Å². The molecule has 1 amide bonds. The minimum absolute atomic E-state index is 0.0809. The first-order valence-electron chi connectivity index (χ1n) is 6.76. The Morgan fingerprint density at radius 1 is 1.35 bits per heavy atom. The maximum atomic E-state index is 11.9. The second-order valence-corrected chi connectivity index (χ2v) is 4.79. The van der Waals surface area contributed by atoms with Crippen molar-refractivity contribution in [2.24, 2.45) is 0 Å². The molecule has 0 saturated carbocycles. The van der Waals surface area contributed by atoms with Gasteiger partial charge in [0.25, 0.3) is 5.91 Å². The van der Waals surface area contributed by atoms with Crippen LogP contribution in [0.5, 0.6) is 5.75 Å².